The molecule has 1 amide bonds. The van der Waals surface area contributed by atoms with Gasteiger partial charge in [-0.05, 0) is 36.8 Å². The van der Waals surface area contributed by atoms with Crippen molar-refractivity contribution < 1.29 is 13.6 Å². The molecule has 2 nitrogen and oxygen atoms in total. The number of carbonyl (C=O) groups is 1. The van der Waals surface area contributed by atoms with Crippen LogP contribution in [0.3, 0.4) is 0 Å². The van der Waals surface area contributed by atoms with Crippen molar-refractivity contribution >= 4 is 17.5 Å². The highest BCUT2D eigenvalue weighted by Gasteiger charge is 2.17. The minimum Gasteiger partial charge on any atom is -0.345 e. The molecule has 2 aromatic carbocycles. The fourth-order valence-corrected chi connectivity index (χ4v) is 2.15. The molecule has 0 heterocycles. The largest absolute Gasteiger partial charge is 0.345 e. The van der Waals surface area contributed by atoms with Gasteiger partial charge in [-0.1, -0.05) is 29.8 Å². The van der Waals surface area contributed by atoms with Crippen molar-refractivity contribution in [1.82, 2.24) is 5.32 Å². The van der Waals surface area contributed by atoms with Crippen molar-refractivity contribution in [3.63, 3.8) is 0 Å². The zero-order valence-electron chi connectivity index (χ0n) is 10.7. The third-order valence-electron chi connectivity index (χ3n) is 2.89. The van der Waals surface area contributed by atoms with E-state index in [0.717, 1.165) is 18.2 Å². The van der Waals surface area contributed by atoms with Crippen molar-refractivity contribution in [2.24, 2.45) is 0 Å². The van der Waals surface area contributed by atoms with Gasteiger partial charge in [0.05, 0.1) is 11.6 Å². The Hall–Kier alpha value is -1.94. The predicted molar refractivity (Wildman–Crippen MR) is 73.7 cm³/mol. The van der Waals surface area contributed by atoms with Gasteiger partial charge in [-0.3, -0.25) is 4.79 Å². The van der Waals surface area contributed by atoms with Crippen LogP contribution in [-0.2, 0) is 0 Å². The second-order valence-corrected chi connectivity index (χ2v) is 4.75. The van der Waals surface area contributed by atoms with Crippen LogP contribution in [0.2, 0.25) is 5.02 Å². The molecule has 0 spiro atoms. The zero-order valence-corrected chi connectivity index (χ0v) is 11.4. The molecule has 0 aromatic heterocycles. The minimum absolute atomic E-state index is 0.330. The number of nitrogens with one attached hydrogen (secondary N) is 1. The Morgan fingerprint density at radius 3 is 2.60 bits per heavy atom. The van der Waals surface area contributed by atoms with Gasteiger partial charge in [0.25, 0.3) is 5.91 Å². The van der Waals surface area contributed by atoms with Crippen LogP contribution in [0, 0.1) is 11.6 Å². The predicted octanol–water partition coefficient (Wildman–Crippen LogP) is 4.11. The fourth-order valence-electron chi connectivity index (χ4n) is 1.85. The summed E-state index contributed by atoms with van der Waals surface area (Å²) in [6.45, 7) is 1.72. The van der Waals surface area contributed by atoms with E-state index in [1.54, 1.807) is 31.2 Å². The molecule has 2 rings (SSSR count). The van der Waals surface area contributed by atoms with Crippen LogP contribution in [-0.4, -0.2) is 5.91 Å². The molecule has 104 valence electrons. The molecule has 0 fully saturated rings. The van der Waals surface area contributed by atoms with Gasteiger partial charge in [0.1, 0.15) is 11.6 Å². The summed E-state index contributed by atoms with van der Waals surface area (Å²) in [6, 6.07) is 9.34. The topological polar surface area (TPSA) is 29.1 Å². The molecular formula is C15H12ClF2NO. The Morgan fingerprint density at radius 1 is 1.20 bits per heavy atom. The molecule has 1 N–H and O–H groups in total. The van der Waals surface area contributed by atoms with Gasteiger partial charge in [0.2, 0.25) is 0 Å². The van der Waals surface area contributed by atoms with Crippen molar-refractivity contribution in [3.8, 4) is 0 Å². The summed E-state index contributed by atoms with van der Waals surface area (Å²) in [5.41, 5.74) is 0.378. The number of amides is 1. The van der Waals surface area contributed by atoms with E-state index in [0.29, 0.717) is 10.6 Å². The minimum atomic E-state index is -0.768. The Kier molecular flexibility index (Phi) is 4.35. The number of benzene rings is 2. The number of hydrogen-bond acceptors (Lipinski definition) is 1. The van der Waals surface area contributed by atoms with E-state index in [2.05, 4.69) is 5.32 Å². The van der Waals surface area contributed by atoms with Gasteiger partial charge in [0.15, 0.2) is 0 Å². The molecule has 0 bridgehead atoms. The summed E-state index contributed by atoms with van der Waals surface area (Å²) >= 11 is 6.02. The van der Waals surface area contributed by atoms with Gasteiger partial charge in [-0.15, -0.1) is 0 Å². The van der Waals surface area contributed by atoms with Gasteiger partial charge in [-0.2, -0.15) is 0 Å². The van der Waals surface area contributed by atoms with Gasteiger partial charge in [0, 0.05) is 5.02 Å². The number of halogens is 3. The summed E-state index contributed by atoms with van der Waals surface area (Å²) in [7, 11) is 0. The lowest BCUT2D eigenvalue weighted by atomic mass is 10.1. The Balaban J connectivity index is 2.20. The Labute approximate surface area is 120 Å². The smallest absolute Gasteiger partial charge is 0.254 e. The van der Waals surface area contributed by atoms with E-state index in [-0.39, 0.29) is 5.56 Å². The molecule has 0 aliphatic carbocycles. The molecule has 20 heavy (non-hydrogen) atoms. The van der Waals surface area contributed by atoms with E-state index in [4.69, 9.17) is 11.6 Å². The summed E-state index contributed by atoms with van der Waals surface area (Å²) in [5, 5.41) is 3.09. The fraction of sp³-hybridized carbons (Fsp3) is 0.133. The Bertz CT molecular complexity index is 646. The molecule has 0 aliphatic heterocycles. The first kappa shape index (κ1) is 14.5. The Morgan fingerprint density at radius 2 is 1.90 bits per heavy atom. The second kappa shape index (κ2) is 6.01. The standard InChI is InChI=1S/C15H12ClF2NO/c1-9(11-4-2-3-5-13(11)16)19-15(20)12-8-10(17)6-7-14(12)18/h2-9H,1H3,(H,19,20). The normalized spacial score (nSPS) is 12.0. The van der Waals surface area contributed by atoms with E-state index in [1.807, 2.05) is 0 Å². The van der Waals surface area contributed by atoms with Crippen LogP contribution in [0.4, 0.5) is 8.78 Å². The summed E-state index contributed by atoms with van der Waals surface area (Å²) in [6.07, 6.45) is 0. The summed E-state index contributed by atoms with van der Waals surface area (Å²) in [4.78, 5) is 12.0. The van der Waals surface area contributed by atoms with Crippen molar-refractivity contribution in [1.29, 1.82) is 0 Å². The first-order valence-electron chi connectivity index (χ1n) is 5.99. The van der Waals surface area contributed by atoms with E-state index >= 15 is 0 Å². The highest BCUT2D eigenvalue weighted by Crippen LogP contribution is 2.22. The highest BCUT2D eigenvalue weighted by atomic mass is 35.5. The maximum absolute atomic E-state index is 13.5. The number of hydrogen-bond donors (Lipinski definition) is 1. The van der Waals surface area contributed by atoms with Crippen molar-refractivity contribution in [3.05, 3.63) is 70.2 Å². The van der Waals surface area contributed by atoms with E-state index in [1.165, 1.54) is 0 Å². The molecule has 0 saturated heterocycles. The third kappa shape index (κ3) is 3.14. The van der Waals surface area contributed by atoms with Crippen LogP contribution in [0.15, 0.2) is 42.5 Å². The quantitative estimate of drug-likeness (QED) is 0.907. The SMILES string of the molecule is CC(NC(=O)c1cc(F)ccc1F)c1ccccc1Cl. The maximum Gasteiger partial charge on any atom is 0.254 e. The lowest BCUT2D eigenvalue weighted by molar-refractivity contribution is 0.0935. The average Bonchev–Trinajstić information content (AvgIpc) is 2.41. The third-order valence-corrected chi connectivity index (χ3v) is 3.24. The maximum atomic E-state index is 13.5. The number of rotatable bonds is 3. The number of carbonyl (C=O) groups excluding carboxylic acids is 1. The van der Waals surface area contributed by atoms with E-state index < -0.39 is 23.6 Å². The van der Waals surface area contributed by atoms with Crippen LogP contribution in [0.5, 0.6) is 0 Å². The molecular weight excluding hydrogens is 284 g/mol. The highest BCUT2D eigenvalue weighted by molar-refractivity contribution is 6.31. The second-order valence-electron chi connectivity index (χ2n) is 4.34. The molecule has 0 aliphatic rings. The summed E-state index contributed by atoms with van der Waals surface area (Å²) < 4.78 is 26.6. The lowest BCUT2D eigenvalue weighted by Crippen LogP contribution is -2.27. The zero-order chi connectivity index (χ0) is 14.7. The monoisotopic (exact) mass is 295 g/mol. The van der Waals surface area contributed by atoms with Crippen LogP contribution in [0.1, 0.15) is 28.9 Å². The first-order valence-corrected chi connectivity index (χ1v) is 6.37. The van der Waals surface area contributed by atoms with Crippen LogP contribution in [0.25, 0.3) is 0 Å². The molecule has 1 unspecified atom stereocenters. The molecule has 1 atom stereocenters. The first-order chi connectivity index (χ1) is 9.49. The van der Waals surface area contributed by atoms with Gasteiger partial charge in [-0.25, -0.2) is 8.78 Å². The van der Waals surface area contributed by atoms with Crippen molar-refractivity contribution in [2.45, 2.75) is 13.0 Å². The molecule has 5 heteroatoms. The van der Waals surface area contributed by atoms with Crippen molar-refractivity contribution in [2.75, 3.05) is 0 Å². The average molecular weight is 296 g/mol. The molecule has 2 aromatic rings. The van der Waals surface area contributed by atoms with Gasteiger partial charge < -0.3 is 5.32 Å². The van der Waals surface area contributed by atoms with Crippen LogP contribution < -0.4 is 5.32 Å². The summed E-state index contributed by atoms with van der Waals surface area (Å²) in [5.74, 6) is -2.12. The lowest BCUT2D eigenvalue weighted by Gasteiger charge is -2.16. The van der Waals surface area contributed by atoms with Gasteiger partial charge >= 0.3 is 0 Å². The van der Waals surface area contributed by atoms with Crippen LogP contribution >= 0.6 is 11.6 Å². The van der Waals surface area contributed by atoms with E-state index in [9.17, 15) is 13.6 Å². The molecule has 0 radical (unpaired) electrons. The molecule has 0 saturated carbocycles.